The number of fused-ring (bicyclic) bond motifs is 1. The zero-order valence-corrected chi connectivity index (χ0v) is 12.1. The molecule has 0 fully saturated rings. The SMILES string of the molecule is CNCCCOc1ccnc2[nH]cc(-c3ccccc3)c12. The van der Waals surface area contributed by atoms with Crippen LogP contribution in [0, 0.1) is 0 Å². The number of aromatic amines is 1. The smallest absolute Gasteiger partial charge is 0.141 e. The Bertz CT molecular complexity index is 706. The van der Waals surface area contributed by atoms with Crippen molar-refractivity contribution in [3.05, 3.63) is 48.8 Å². The van der Waals surface area contributed by atoms with Crippen LogP contribution in [-0.2, 0) is 0 Å². The molecule has 0 spiro atoms. The third kappa shape index (κ3) is 2.90. The van der Waals surface area contributed by atoms with Crippen molar-refractivity contribution in [2.24, 2.45) is 0 Å². The van der Waals surface area contributed by atoms with Gasteiger partial charge in [0.15, 0.2) is 0 Å². The van der Waals surface area contributed by atoms with Crippen molar-refractivity contribution in [1.29, 1.82) is 0 Å². The Balaban J connectivity index is 1.95. The van der Waals surface area contributed by atoms with Crippen molar-refractivity contribution < 1.29 is 4.74 Å². The zero-order valence-electron chi connectivity index (χ0n) is 12.1. The number of H-pyrrole nitrogens is 1. The minimum atomic E-state index is 0.694. The highest BCUT2D eigenvalue weighted by Crippen LogP contribution is 2.34. The van der Waals surface area contributed by atoms with Crippen molar-refractivity contribution in [3.63, 3.8) is 0 Å². The van der Waals surface area contributed by atoms with Gasteiger partial charge in [0.25, 0.3) is 0 Å². The summed E-state index contributed by atoms with van der Waals surface area (Å²) < 4.78 is 5.94. The van der Waals surface area contributed by atoms with E-state index >= 15 is 0 Å². The van der Waals surface area contributed by atoms with E-state index in [-0.39, 0.29) is 0 Å². The van der Waals surface area contributed by atoms with E-state index in [9.17, 15) is 0 Å². The second-order valence-corrected chi connectivity index (χ2v) is 4.91. The Morgan fingerprint density at radius 3 is 2.86 bits per heavy atom. The molecule has 0 atom stereocenters. The van der Waals surface area contributed by atoms with Gasteiger partial charge in [-0.1, -0.05) is 30.3 Å². The van der Waals surface area contributed by atoms with Crippen LogP contribution in [0.15, 0.2) is 48.8 Å². The molecular formula is C17H19N3O. The topological polar surface area (TPSA) is 49.9 Å². The third-order valence-corrected chi connectivity index (χ3v) is 3.45. The zero-order chi connectivity index (χ0) is 14.5. The third-order valence-electron chi connectivity index (χ3n) is 3.45. The van der Waals surface area contributed by atoms with E-state index in [2.05, 4.69) is 27.4 Å². The van der Waals surface area contributed by atoms with E-state index in [1.807, 2.05) is 37.5 Å². The van der Waals surface area contributed by atoms with Gasteiger partial charge >= 0.3 is 0 Å². The van der Waals surface area contributed by atoms with E-state index in [1.54, 1.807) is 6.20 Å². The van der Waals surface area contributed by atoms with Crippen molar-refractivity contribution >= 4 is 11.0 Å². The first-order valence-electron chi connectivity index (χ1n) is 7.19. The largest absolute Gasteiger partial charge is 0.493 e. The molecule has 0 amide bonds. The average molecular weight is 281 g/mol. The second-order valence-electron chi connectivity index (χ2n) is 4.91. The van der Waals surface area contributed by atoms with Crippen LogP contribution in [0.25, 0.3) is 22.2 Å². The molecule has 108 valence electrons. The predicted octanol–water partition coefficient (Wildman–Crippen LogP) is 3.22. The first-order valence-corrected chi connectivity index (χ1v) is 7.19. The average Bonchev–Trinajstić information content (AvgIpc) is 2.97. The molecule has 1 aromatic carbocycles. The maximum Gasteiger partial charge on any atom is 0.141 e. The maximum atomic E-state index is 5.94. The summed E-state index contributed by atoms with van der Waals surface area (Å²) in [5, 5.41) is 4.17. The number of aromatic nitrogens is 2. The Hall–Kier alpha value is -2.33. The summed E-state index contributed by atoms with van der Waals surface area (Å²) in [6.07, 6.45) is 4.75. The molecular weight excluding hydrogens is 262 g/mol. The maximum absolute atomic E-state index is 5.94. The molecule has 0 radical (unpaired) electrons. The van der Waals surface area contributed by atoms with Crippen LogP contribution < -0.4 is 10.1 Å². The van der Waals surface area contributed by atoms with E-state index in [0.29, 0.717) is 6.61 Å². The summed E-state index contributed by atoms with van der Waals surface area (Å²) >= 11 is 0. The van der Waals surface area contributed by atoms with Gasteiger partial charge in [0.1, 0.15) is 11.4 Å². The van der Waals surface area contributed by atoms with Gasteiger partial charge in [-0.2, -0.15) is 0 Å². The number of hydrogen-bond acceptors (Lipinski definition) is 3. The van der Waals surface area contributed by atoms with Crippen molar-refractivity contribution in [1.82, 2.24) is 15.3 Å². The molecule has 0 aliphatic carbocycles. The van der Waals surface area contributed by atoms with E-state index < -0.39 is 0 Å². The molecule has 0 saturated heterocycles. The van der Waals surface area contributed by atoms with Crippen LogP contribution in [-0.4, -0.2) is 30.2 Å². The Morgan fingerprint density at radius 1 is 1.19 bits per heavy atom. The van der Waals surface area contributed by atoms with Gasteiger partial charge in [-0.25, -0.2) is 4.98 Å². The predicted molar refractivity (Wildman–Crippen MR) is 85.6 cm³/mol. The molecule has 21 heavy (non-hydrogen) atoms. The lowest BCUT2D eigenvalue weighted by atomic mass is 10.1. The number of hydrogen-bond donors (Lipinski definition) is 2. The Labute approximate surface area is 124 Å². The number of nitrogens with zero attached hydrogens (tertiary/aromatic N) is 1. The highest BCUT2D eigenvalue weighted by atomic mass is 16.5. The summed E-state index contributed by atoms with van der Waals surface area (Å²) in [5.74, 6) is 0.885. The van der Waals surface area contributed by atoms with E-state index in [1.165, 1.54) is 0 Å². The number of pyridine rings is 1. The first-order chi connectivity index (χ1) is 10.4. The molecule has 0 aliphatic rings. The highest BCUT2D eigenvalue weighted by Gasteiger charge is 2.12. The minimum absolute atomic E-state index is 0.694. The van der Waals surface area contributed by atoms with Gasteiger partial charge in [0.2, 0.25) is 0 Å². The Kier molecular flexibility index (Phi) is 4.17. The summed E-state index contributed by atoms with van der Waals surface area (Å²) in [4.78, 5) is 7.61. The lowest BCUT2D eigenvalue weighted by Gasteiger charge is -2.08. The molecule has 0 unspecified atom stereocenters. The van der Waals surface area contributed by atoms with Crippen LogP contribution in [0.3, 0.4) is 0 Å². The molecule has 3 rings (SSSR count). The lowest BCUT2D eigenvalue weighted by Crippen LogP contribution is -2.11. The van der Waals surface area contributed by atoms with Crippen LogP contribution in [0.4, 0.5) is 0 Å². The van der Waals surface area contributed by atoms with Gasteiger partial charge in [-0.05, 0) is 31.6 Å². The standard InChI is InChI=1S/C17H19N3O/c1-18-9-5-11-21-15-8-10-19-17-16(15)14(12-20-17)13-6-3-2-4-7-13/h2-4,6-8,10,12,18H,5,9,11H2,1H3,(H,19,20). The van der Waals surface area contributed by atoms with Gasteiger partial charge in [0, 0.05) is 18.0 Å². The summed E-state index contributed by atoms with van der Waals surface area (Å²) in [5.41, 5.74) is 3.15. The highest BCUT2D eigenvalue weighted by molar-refractivity contribution is 5.97. The number of nitrogens with one attached hydrogen (secondary N) is 2. The summed E-state index contributed by atoms with van der Waals surface area (Å²) in [6, 6.07) is 12.2. The van der Waals surface area contributed by atoms with E-state index in [0.717, 1.165) is 40.9 Å². The number of benzene rings is 1. The fourth-order valence-electron chi connectivity index (χ4n) is 2.42. The van der Waals surface area contributed by atoms with Crippen molar-refractivity contribution in [2.75, 3.05) is 20.2 Å². The lowest BCUT2D eigenvalue weighted by molar-refractivity contribution is 0.313. The normalized spacial score (nSPS) is 10.9. The Morgan fingerprint density at radius 2 is 2.05 bits per heavy atom. The molecule has 4 heteroatoms. The molecule has 2 heterocycles. The van der Waals surface area contributed by atoms with Crippen LogP contribution in [0.2, 0.25) is 0 Å². The van der Waals surface area contributed by atoms with Gasteiger partial charge in [0.05, 0.1) is 12.0 Å². The molecule has 3 aromatic rings. The van der Waals surface area contributed by atoms with E-state index in [4.69, 9.17) is 4.74 Å². The van der Waals surface area contributed by atoms with Gasteiger partial charge in [-0.3, -0.25) is 0 Å². The molecule has 0 bridgehead atoms. The van der Waals surface area contributed by atoms with Crippen LogP contribution >= 0.6 is 0 Å². The fourth-order valence-corrected chi connectivity index (χ4v) is 2.42. The fraction of sp³-hybridized carbons (Fsp3) is 0.235. The molecule has 0 saturated carbocycles. The monoisotopic (exact) mass is 281 g/mol. The summed E-state index contributed by atoms with van der Waals surface area (Å²) in [6.45, 7) is 1.65. The molecule has 2 N–H and O–H groups in total. The number of ether oxygens (including phenoxy) is 1. The summed E-state index contributed by atoms with van der Waals surface area (Å²) in [7, 11) is 1.95. The number of rotatable bonds is 6. The van der Waals surface area contributed by atoms with Crippen LogP contribution in [0.1, 0.15) is 6.42 Å². The van der Waals surface area contributed by atoms with Gasteiger partial charge < -0.3 is 15.0 Å². The first kappa shape index (κ1) is 13.6. The quantitative estimate of drug-likeness (QED) is 0.682. The molecule has 0 aliphatic heterocycles. The van der Waals surface area contributed by atoms with Crippen molar-refractivity contribution in [3.8, 4) is 16.9 Å². The van der Waals surface area contributed by atoms with Crippen LogP contribution in [0.5, 0.6) is 5.75 Å². The molecule has 2 aromatic heterocycles. The van der Waals surface area contributed by atoms with Gasteiger partial charge in [-0.15, -0.1) is 0 Å². The minimum Gasteiger partial charge on any atom is -0.493 e. The second kappa shape index (κ2) is 6.41. The van der Waals surface area contributed by atoms with Crippen molar-refractivity contribution in [2.45, 2.75) is 6.42 Å². The molecule has 4 nitrogen and oxygen atoms in total.